The van der Waals surface area contributed by atoms with Crippen LogP contribution in [-0.2, 0) is 18.3 Å². The van der Waals surface area contributed by atoms with Crippen molar-refractivity contribution in [3.05, 3.63) is 22.2 Å². The summed E-state index contributed by atoms with van der Waals surface area (Å²) in [6.07, 6.45) is 1.70. The maximum absolute atomic E-state index is 13.7. The van der Waals surface area contributed by atoms with E-state index in [1.54, 1.807) is 6.20 Å². The highest BCUT2D eigenvalue weighted by atomic mass is 28.4. The van der Waals surface area contributed by atoms with Crippen LogP contribution >= 0.6 is 0 Å². The third-order valence-electron chi connectivity index (χ3n) is 8.89. The van der Waals surface area contributed by atoms with E-state index in [9.17, 15) is 9.59 Å². The van der Waals surface area contributed by atoms with Gasteiger partial charge in [-0.3, -0.25) is 9.88 Å². The molecule has 1 aliphatic heterocycles. The minimum atomic E-state index is -2.34. The molecule has 0 aromatic carbocycles. The van der Waals surface area contributed by atoms with Crippen molar-refractivity contribution < 1.29 is 23.1 Å². The number of carbonyl (C=O) groups is 1. The van der Waals surface area contributed by atoms with Crippen molar-refractivity contribution in [1.82, 2.24) is 9.55 Å². The molecule has 1 fully saturated rings. The summed E-state index contributed by atoms with van der Waals surface area (Å²) in [6.45, 7) is 32.8. The van der Waals surface area contributed by atoms with Crippen LogP contribution in [-0.4, -0.2) is 65.3 Å². The Morgan fingerprint density at radius 1 is 0.977 bits per heavy atom. The molecule has 1 amide bonds. The monoisotopic (exact) mass is 665 g/mol. The Hall–Kier alpha value is -1.76. The number of carbonyl (C=O) groups excluding carboxylic acids is 1. The van der Waals surface area contributed by atoms with Crippen LogP contribution in [0.1, 0.15) is 86.4 Å². The van der Waals surface area contributed by atoms with E-state index in [0.29, 0.717) is 12.2 Å². The molecule has 250 valence electrons. The standard InChI is InChI=1S/C32H59N3O6Si3/c1-16-17-18-20-38-30(37)34-27-24(19-21-42(9,10)11)22-35(29(36)33-27)28-26(41-44(14,15)32(6,7)8)25(23(2)39-28)40-43(12,13)31(3,4)5/h22-23,25-26,28H,16-18,20H2,1-15H3,(H,33,34,36,37)/t23-,25-,26-,28-/m1/s1. The number of amides is 1. The van der Waals surface area contributed by atoms with Crippen molar-refractivity contribution in [2.45, 2.75) is 155 Å². The Labute approximate surface area is 269 Å². The van der Waals surface area contributed by atoms with Crippen LogP contribution in [0.2, 0.25) is 55.9 Å². The number of nitrogens with zero attached hydrogens (tertiary/aromatic N) is 2. The van der Waals surface area contributed by atoms with Crippen LogP contribution in [0.25, 0.3) is 0 Å². The normalized spacial score (nSPS) is 21.5. The first-order chi connectivity index (χ1) is 19.9. The molecule has 1 aromatic heterocycles. The number of hydrogen-bond donors (Lipinski definition) is 1. The molecule has 9 nitrogen and oxygen atoms in total. The maximum atomic E-state index is 13.7. The van der Waals surface area contributed by atoms with Crippen LogP contribution < -0.4 is 11.0 Å². The highest BCUT2D eigenvalue weighted by Gasteiger charge is 2.53. The number of unbranched alkanes of at least 4 members (excludes halogenated alkanes) is 2. The summed E-state index contributed by atoms with van der Waals surface area (Å²) in [5.41, 5.74) is 3.19. The minimum absolute atomic E-state index is 0.0250. The van der Waals surface area contributed by atoms with Gasteiger partial charge < -0.3 is 18.3 Å². The van der Waals surface area contributed by atoms with E-state index in [1.165, 1.54) is 4.57 Å². The Morgan fingerprint density at radius 3 is 2.02 bits per heavy atom. The minimum Gasteiger partial charge on any atom is -0.449 e. The molecule has 0 unspecified atom stereocenters. The Morgan fingerprint density at radius 2 is 1.52 bits per heavy atom. The number of hydrogen-bond acceptors (Lipinski definition) is 7. The lowest BCUT2D eigenvalue weighted by Gasteiger charge is -2.44. The molecular weight excluding hydrogens is 607 g/mol. The van der Waals surface area contributed by atoms with Gasteiger partial charge in [0, 0.05) is 6.20 Å². The van der Waals surface area contributed by atoms with E-state index >= 15 is 0 Å². The van der Waals surface area contributed by atoms with Gasteiger partial charge in [0.25, 0.3) is 0 Å². The predicted molar refractivity (Wildman–Crippen MR) is 187 cm³/mol. The van der Waals surface area contributed by atoms with Gasteiger partial charge in [-0.25, -0.2) is 9.59 Å². The SMILES string of the molecule is CCCCCOC(=O)Nc1nc(=O)n([C@@H]2O[C@H](C)[C@@H](O[Si](C)(C)C(C)(C)C)[C@H]2O[Si](C)(C)C(C)(C)C)cc1C#C[Si](C)(C)C. The lowest BCUT2D eigenvalue weighted by Crippen LogP contribution is -2.53. The zero-order valence-corrected chi connectivity index (χ0v) is 33.1. The second-order valence-corrected chi connectivity index (χ2v) is 30.3. The highest BCUT2D eigenvalue weighted by molar-refractivity contribution is 6.83. The van der Waals surface area contributed by atoms with Gasteiger partial charge in [-0.05, 0) is 49.6 Å². The predicted octanol–water partition coefficient (Wildman–Crippen LogP) is 7.91. The average Bonchev–Trinajstić information content (AvgIpc) is 3.13. The van der Waals surface area contributed by atoms with Crippen LogP contribution in [0.15, 0.2) is 11.0 Å². The first kappa shape index (κ1) is 38.4. The van der Waals surface area contributed by atoms with Gasteiger partial charge in [-0.2, -0.15) is 4.98 Å². The van der Waals surface area contributed by atoms with Crippen molar-refractivity contribution in [3.8, 4) is 11.5 Å². The summed E-state index contributed by atoms with van der Waals surface area (Å²) in [5, 5.41) is 2.56. The molecule has 2 rings (SSSR count). The van der Waals surface area contributed by atoms with Gasteiger partial charge in [0.15, 0.2) is 28.7 Å². The summed E-state index contributed by atoms with van der Waals surface area (Å²) >= 11 is 0. The molecule has 12 heteroatoms. The van der Waals surface area contributed by atoms with E-state index in [4.69, 9.17) is 18.3 Å². The topological polar surface area (TPSA) is 101 Å². The zero-order valence-electron chi connectivity index (χ0n) is 30.1. The molecule has 1 aliphatic rings. The lowest BCUT2D eigenvalue weighted by atomic mass is 10.1. The van der Waals surface area contributed by atoms with Gasteiger partial charge in [-0.1, -0.05) is 86.9 Å². The summed E-state index contributed by atoms with van der Waals surface area (Å²) < 4.78 is 27.4. The molecular formula is C32H59N3O6Si3. The molecule has 0 saturated carbocycles. The van der Waals surface area contributed by atoms with Crippen LogP contribution in [0, 0.1) is 11.5 Å². The quantitative estimate of drug-likeness (QED) is 0.154. The molecule has 44 heavy (non-hydrogen) atoms. The average molecular weight is 666 g/mol. The first-order valence-electron chi connectivity index (χ1n) is 16.0. The first-order valence-corrected chi connectivity index (χ1v) is 25.3. The van der Waals surface area contributed by atoms with Gasteiger partial charge >= 0.3 is 11.8 Å². The summed E-state index contributed by atoms with van der Waals surface area (Å²) in [6, 6.07) is 0. The third kappa shape index (κ3) is 10.1. The molecule has 1 aromatic rings. The van der Waals surface area contributed by atoms with Crippen molar-refractivity contribution in [3.63, 3.8) is 0 Å². The van der Waals surface area contributed by atoms with Gasteiger partial charge in [0.05, 0.1) is 18.3 Å². The molecule has 0 aliphatic carbocycles. The Balaban J connectivity index is 2.65. The number of anilines is 1. The van der Waals surface area contributed by atoms with Gasteiger partial charge in [0.1, 0.15) is 20.3 Å². The summed E-state index contributed by atoms with van der Waals surface area (Å²) in [7, 11) is -6.39. The van der Waals surface area contributed by atoms with E-state index in [2.05, 4.69) is 116 Å². The fourth-order valence-electron chi connectivity index (χ4n) is 4.09. The number of aromatic nitrogens is 2. The fourth-order valence-corrected chi connectivity index (χ4v) is 7.25. The number of rotatable bonds is 10. The van der Waals surface area contributed by atoms with Gasteiger partial charge in [0.2, 0.25) is 0 Å². The zero-order chi connectivity index (χ0) is 33.9. The second kappa shape index (κ2) is 14.3. The van der Waals surface area contributed by atoms with Crippen LogP contribution in [0.3, 0.4) is 0 Å². The molecule has 2 heterocycles. The van der Waals surface area contributed by atoms with E-state index < -0.39 is 48.8 Å². The molecule has 1 N–H and O–H groups in total. The van der Waals surface area contributed by atoms with Gasteiger partial charge in [-0.15, -0.1) is 5.54 Å². The van der Waals surface area contributed by atoms with Crippen LogP contribution in [0.5, 0.6) is 0 Å². The Bertz CT molecular complexity index is 1270. The van der Waals surface area contributed by atoms with Crippen LogP contribution in [0.4, 0.5) is 10.6 Å². The lowest BCUT2D eigenvalue weighted by molar-refractivity contribution is -0.0310. The third-order valence-corrected chi connectivity index (χ3v) is 18.7. The maximum Gasteiger partial charge on any atom is 0.412 e. The molecule has 4 atom stereocenters. The van der Waals surface area contributed by atoms with Crippen molar-refractivity contribution in [1.29, 1.82) is 0 Å². The van der Waals surface area contributed by atoms with E-state index in [0.717, 1.165) is 19.3 Å². The van der Waals surface area contributed by atoms with Crippen molar-refractivity contribution in [2.75, 3.05) is 11.9 Å². The fraction of sp³-hybridized carbons (Fsp3) is 0.781. The molecule has 0 bridgehead atoms. The summed E-state index contributed by atoms with van der Waals surface area (Å²) in [5.74, 6) is 3.28. The highest BCUT2D eigenvalue weighted by Crippen LogP contribution is 2.45. The largest absolute Gasteiger partial charge is 0.449 e. The smallest absolute Gasteiger partial charge is 0.412 e. The van der Waals surface area contributed by atoms with E-state index in [1.807, 2.05) is 6.92 Å². The second-order valence-electron chi connectivity index (χ2n) is 16.1. The molecule has 0 spiro atoms. The number of ether oxygens (including phenoxy) is 2. The summed E-state index contributed by atoms with van der Waals surface area (Å²) in [4.78, 5) is 30.6. The number of nitrogens with one attached hydrogen (secondary N) is 1. The molecule has 0 radical (unpaired) electrons. The van der Waals surface area contributed by atoms with E-state index in [-0.39, 0.29) is 28.1 Å². The van der Waals surface area contributed by atoms with Crippen molar-refractivity contribution >= 4 is 36.6 Å². The Kier molecular flexibility index (Phi) is 12.5. The molecule has 1 saturated heterocycles. The van der Waals surface area contributed by atoms with Crippen molar-refractivity contribution in [2.24, 2.45) is 0 Å².